The van der Waals surface area contributed by atoms with Gasteiger partial charge in [0.15, 0.2) is 0 Å². The minimum Gasteiger partial charge on any atom is -0.496 e. The van der Waals surface area contributed by atoms with Gasteiger partial charge in [-0.15, -0.1) is 0 Å². The lowest BCUT2D eigenvalue weighted by molar-refractivity contribution is 0.404. The summed E-state index contributed by atoms with van der Waals surface area (Å²) in [6.45, 7) is 0. The van der Waals surface area contributed by atoms with Gasteiger partial charge in [-0.1, -0.05) is 16.8 Å². The number of nitrogen functional groups attached to an aromatic ring is 1. The minimum atomic E-state index is 0.215. The van der Waals surface area contributed by atoms with Crippen LogP contribution in [0.2, 0.25) is 5.02 Å². The summed E-state index contributed by atoms with van der Waals surface area (Å²) in [6.07, 6.45) is 1.51. The smallest absolute Gasteiger partial charge is 0.230 e. The second-order valence-corrected chi connectivity index (χ2v) is 3.70. The molecule has 0 aliphatic carbocycles. The summed E-state index contributed by atoms with van der Waals surface area (Å²) >= 11 is 6.01. The molecule has 0 aliphatic heterocycles. The number of halogens is 1. The second-order valence-electron chi connectivity index (χ2n) is 3.29. The highest BCUT2D eigenvalue weighted by atomic mass is 35.5. The van der Waals surface area contributed by atoms with E-state index < -0.39 is 0 Å². The van der Waals surface area contributed by atoms with Crippen LogP contribution in [0.5, 0.6) is 11.5 Å². The maximum Gasteiger partial charge on any atom is 0.230 e. The number of anilines is 1. The highest BCUT2D eigenvalue weighted by molar-refractivity contribution is 6.32. The maximum absolute atomic E-state index is 6.01. The van der Waals surface area contributed by atoms with Gasteiger partial charge >= 0.3 is 0 Å². The molecule has 0 atom stereocenters. The highest BCUT2D eigenvalue weighted by Crippen LogP contribution is 2.40. The zero-order valence-corrected chi connectivity index (χ0v) is 10.1. The van der Waals surface area contributed by atoms with Gasteiger partial charge in [-0.25, -0.2) is 0 Å². The number of ether oxygens (including phenoxy) is 2. The largest absolute Gasteiger partial charge is 0.496 e. The van der Waals surface area contributed by atoms with Gasteiger partial charge in [0, 0.05) is 11.6 Å². The van der Waals surface area contributed by atoms with Crippen molar-refractivity contribution in [1.29, 1.82) is 0 Å². The Morgan fingerprint density at radius 1 is 1.18 bits per heavy atom. The molecule has 0 saturated heterocycles. The van der Waals surface area contributed by atoms with Crippen LogP contribution in [0.15, 0.2) is 22.9 Å². The van der Waals surface area contributed by atoms with Gasteiger partial charge in [0.25, 0.3) is 0 Å². The van der Waals surface area contributed by atoms with Gasteiger partial charge in [0.2, 0.25) is 5.88 Å². The van der Waals surface area contributed by atoms with Crippen molar-refractivity contribution < 1.29 is 14.0 Å². The lowest BCUT2D eigenvalue weighted by Crippen LogP contribution is -1.93. The van der Waals surface area contributed by atoms with Gasteiger partial charge in [0.05, 0.1) is 31.0 Å². The molecule has 2 rings (SSSR count). The Morgan fingerprint density at radius 2 is 1.88 bits per heavy atom. The van der Waals surface area contributed by atoms with E-state index in [1.807, 2.05) is 0 Å². The molecule has 5 nitrogen and oxygen atoms in total. The van der Waals surface area contributed by atoms with E-state index >= 15 is 0 Å². The molecule has 0 saturated carbocycles. The minimum absolute atomic E-state index is 0.215. The van der Waals surface area contributed by atoms with Gasteiger partial charge in [-0.05, 0) is 6.07 Å². The molecule has 0 unspecified atom stereocenters. The van der Waals surface area contributed by atoms with E-state index in [-0.39, 0.29) is 5.88 Å². The third kappa shape index (κ3) is 2.01. The third-order valence-electron chi connectivity index (χ3n) is 2.36. The van der Waals surface area contributed by atoms with Crippen LogP contribution in [0, 0.1) is 0 Å². The molecular weight excluding hydrogens is 244 g/mol. The van der Waals surface area contributed by atoms with Gasteiger partial charge in [-0.3, -0.25) is 0 Å². The van der Waals surface area contributed by atoms with Crippen molar-refractivity contribution in [3.05, 3.63) is 23.4 Å². The predicted molar refractivity (Wildman–Crippen MR) is 64.5 cm³/mol. The molecule has 0 spiro atoms. The van der Waals surface area contributed by atoms with Crippen LogP contribution >= 0.6 is 11.6 Å². The molecule has 0 fully saturated rings. The van der Waals surface area contributed by atoms with E-state index in [0.717, 1.165) is 0 Å². The maximum atomic E-state index is 6.01. The zero-order valence-electron chi connectivity index (χ0n) is 9.36. The molecule has 90 valence electrons. The van der Waals surface area contributed by atoms with Gasteiger partial charge < -0.3 is 19.7 Å². The Hall–Kier alpha value is -1.88. The van der Waals surface area contributed by atoms with E-state index in [4.69, 9.17) is 31.3 Å². The van der Waals surface area contributed by atoms with E-state index in [0.29, 0.717) is 27.6 Å². The van der Waals surface area contributed by atoms with Crippen LogP contribution in [0.3, 0.4) is 0 Å². The first kappa shape index (κ1) is 11.6. The van der Waals surface area contributed by atoms with Crippen molar-refractivity contribution in [1.82, 2.24) is 5.16 Å². The van der Waals surface area contributed by atoms with Crippen molar-refractivity contribution in [2.45, 2.75) is 0 Å². The Kier molecular flexibility index (Phi) is 3.10. The molecule has 0 amide bonds. The normalized spacial score (nSPS) is 10.3. The molecule has 0 bridgehead atoms. The number of benzene rings is 1. The number of methoxy groups -OCH3 is 2. The predicted octanol–water partition coefficient (Wildman–Crippen LogP) is 2.59. The van der Waals surface area contributed by atoms with Crippen molar-refractivity contribution >= 4 is 17.5 Å². The SMILES string of the molecule is COc1cc(-c2cnoc2N)c(OC)cc1Cl. The highest BCUT2D eigenvalue weighted by Gasteiger charge is 2.16. The monoisotopic (exact) mass is 254 g/mol. The molecule has 1 heterocycles. The second kappa shape index (κ2) is 4.55. The van der Waals surface area contributed by atoms with Crippen LogP contribution in [-0.4, -0.2) is 19.4 Å². The number of hydrogen-bond acceptors (Lipinski definition) is 5. The first-order chi connectivity index (χ1) is 8.17. The van der Waals surface area contributed by atoms with Crippen molar-refractivity contribution in [3.63, 3.8) is 0 Å². The molecule has 2 aromatic rings. The Labute approximate surface area is 103 Å². The molecule has 0 aliphatic rings. The van der Waals surface area contributed by atoms with Crippen LogP contribution in [-0.2, 0) is 0 Å². The first-order valence-electron chi connectivity index (χ1n) is 4.79. The Balaban J connectivity index is 2.63. The lowest BCUT2D eigenvalue weighted by atomic mass is 10.1. The molecule has 1 aromatic carbocycles. The first-order valence-corrected chi connectivity index (χ1v) is 5.17. The summed E-state index contributed by atoms with van der Waals surface area (Å²) in [5, 5.41) is 4.08. The summed E-state index contributed by atoms with van der Waals surface area (Å²) in [5.41, 5.74) is 7.02. The van der Waals surface area contributed by atoms with Crippen molar-refractivity contribution in [2.24, 2.45) is 0 Å². The molecule has 2 N–H and O–H groups in total. The van der Waals surface area contributed by atoms with Crippen molar-refractivity contribution in [3.8, 4) is 22.6 Å². The summed E-state index contributed by atoms with van der Waals surface area (Å²) in [6, 6.07) is 3.38. The van der Waals surface area contributed by atoms with E-state index in [2.05, 4.69) is 5.16 Å². The van der Waals surface area contributed by atoms with Crippen LogP contribution in [0.1, 0.15) is 0 Å². The Bertz CT molecular complexity index is 540. The summed E-state index contributed by atoms with van der Waals surface area (Å²) in [4.78, 5) is 0. The number of aromatic nitrogens is 1. The number of nitrogens with zero attached hydrogens (tertiary/aromatic N) is 1. The van der Waals surface area contributed by atoms with Gasteiger partial charge in [0.1, 0.15) is 11.5 Å². The van der Waals surface area contributed by atoms with Crippen LogP contribution in [0.25, 0.3) is 11.1 Å². The summed E-state index contributed by atoms with van der Waals surface area (Å²) in [5.74, 6) is 1.32. The molecule has 17 heavy (non-hydrogen) atoms. The van der Waals surface area contributed by atoms with E-state index in [1.165, 1.54) is 13.3 Å². The zero-order chi connectivity index (χ0) is 12.4. The average Bonchev–Trinajstić information content (AvgIpc) is 2.75. The standard InChI is InChI=1S/C11H11ClN2O3/c1-15-9-4-8(12)10(16-2)3-6(9)7-5-14-17-11(7)13/h3-5H,13H2,1-2H3. The fourth-order valence-electron chi connectivity index (χ4n) is 1.52. The third-order valence-corrected chi connectivity index (χ3v) is 2.66. The Morgan fingerprint density at radius 3 is 2.41 bits per heavy atom. The number of rotatable bonds is 3. The van der Waals surface area contributed by atoms with E-state index in [1.54, 1.807) is 19.2 Å². The molecule has 6 heteroatoms. The lowest BCUT2D eigenvalue weighted by Gasteiger charge is -2.10. The molecule has 1 aromatic heterocycles. The fraction of sp³-hybridized carbons (Fsp3) is 0.182. The topological polar surface area (TPSA) is 70.5 Å². The fourth-order valence-corrected chi connectivity index (χ4v) is 1.75. The number of hydrogen-bond donors (Lipinski definition) is 1. The van der Waals surface area contributed by atoms with Gasteiger partial charge in [-0.2, -0.15) is 0 Å². The molecular formula is C11H11ClN2O3. The quantitative estimate of drug-likeness (QED) is 0.912. The summed E-state index contributed by atoms with van der Waals surface area (Å²) < 4.78 is 15.2. The van der Waals surface area contributed by atoms with Crippen molar-refractivity contribution in [2.75, 3.05) is 20.0 Å². The molecule has 0 radical (unpaired) electrons. The number of nitrogens with two attached hydrogens (primary N) is 1. The van der Waals surface area contributed by atoms with Crippen LogP contribution < -0.4 is 15.2 Å². The van der Waals surface area contributed by atoms with Crippen LogP contribution in [0.4, 0.5) is 5.88 Å². The average molecular weight is 255 g/mol. The summed E-state index contributed by atoms with van der Waals surface area (Å²) in [7, 11) is 3.08. The van der Waals surface area contributed by atoms with E-state index in [9.17, 15) is 0 Å².